The molecule has 0 saturated carbocycles. The van der Waals surface area contributed by atoms with Crippen molar-refractivity contribution in [1.82, 2.24) is 4.98 Å². The lowest BCUT2D eigenvalue weighted by molar-refractivity contribution is 0.555. The van der Waals surface area contributed by atoms with Crippen molar-refractivity contribution in [3.05, 3.63) is 22.7 Å². The molecule has 0 aliphatic carbocycles. The highest BCUT2D eigenvalue weighted by atomic mass is 16.4. The summed E-state index contributed by atoms with van der Waals surface area (Å²) in [6, 6.07) is 3.89. The number of nitrogens with zero attached hydrogens (tertiary/aromatic N) is 1. The van der Waals surface area contributed by atoms with E-state index in [4.69, 9.17) is 10.2 Å². The van der Waals surface area contributed by atoms with Gasteiger partial charge in [-0.05, 0) is 26.8 Å². The summed E-state index contributed by atoms with van der Waals surface area (Å²) in [5.74, 6) is -0.454. The van der Waals surface area contributed by atoms with E-state index in [0.717, 1.165) is 12.2 Å². The van der Waals surface area contributed by atoms with Crippen molar-refractivity contribution in [2.75, 3.05) is 17.2 Å². The van der Waals surface area contributed by atoms with Gasteiger partial charge in [0.2, 0.25) is 0 Å². The van der Waals surface area contributed by atoms with Crippen molar-refractivity contribution >= 4 is 22.5 Å². The first-order valence-electron chi connectivity index (χ1n) is 5.72. The number of rotatable bonds is 3. The monoisotopic (exact) mass is 235 g/mol. The van der Waals surface area contributed by atoms with E-state index in [1.54, 1.807) is 6.07 Å². The first-order chi connectivity index (χ1) is 8.02. The number of fused-ring (bicyclic) bond motifs is 1. The summed E-state index contributed by atoms with van der Waals surface area (Å²) in [6.07, 6.45) is 0. The number of aromatic nitrogens is 1. The summed E-state index contributed by atoms with van der Waals surface area (Å²) in [4.78, 5) is 15.9. The van der Waals surface area contributed by atoms with Crippen LogP contribution in [0.15, 0.2) is 21.3 Å². The molecule has 2 rings (SSSR count). The Kier molecular flexibility index (Phi) is 2.83. The van der Waals surface area contributed by atoms with Gasteiger partial charge in [0, 0.05) is 18.7 Å². The van der Waals surface area contributed by atoms with E-state index >= 15 is 0 Å². The van der Waals surface area contributed by atoms with Crippen molar-refractivity contribution in [2.24, 2.45) is 0 Å². The van der Waals surface area contributed by atoms with Gasteiger partial charge < -0.3 is 15.1 Å². The molecule has 5 heteroatoms. The molecule has 5 nitrogen and oxygen atoms in total. The van der Waals surface area contributed by atoms with Crippen molar-refractivity contribution in [2.45, 2.75) is 26.8 Å². The Hall–Kier alpha value is -1.91. The molecule has 0 atom stereocenters. The molecule has 0 radical (unpaired) electrons. The van der Waals surface area contributed by atoms with Crippen molar-refractivity contribution < 1.29 is 4.42 Å². The van der Waals surface area contributed by atoms with Crippen LogP contribution in [-0.4, -0.2) is 17.6 Å². The summed E-state index contributed by atoms with van der Waals surface area (Å²) in [5, 5.41) is 0. The summed E-state index contributed by atoms with van der Waals surface area (Å²) in [7, 11) is 0. The van der Waals surface area contributed by atoms with Gasteiger partial charge in [-0.15, -0.1) is 0 Å². The fourth-order valence-corrected chi connectivity index (χ4v) is 2.06. The lowest BCUT2D eigenvalue weighted by Gasteiger charge is -2.28. The second-order valence-corrected chi connectivity index (χ2v) is 4.30. The summed E-state index contributed by atoms with van der Waals surface area (Å²) >= 11 is 0. The molecule has 1 aromatic heterocycles. The number of benzene rings is 1. The fraction of sp³-hybridized carbons (Fsp3) is 0.417. The first kappa shape index (κ1) is 11.6. The van der Waals surface area contributed by atoms with Gasteiger partial charge in [-0.2, -0.15) is 0 Å². The van der Waals surface area contributed by atoms with Crippen molar-refractivity contribution in [3.8, 4) is 0 Å². The highest BCUT2D eigenvalue weighted by molar-refractivity contribution is 5.85. The number of nitrogens with one attached hydrogen (secondary N) is 1. The lowest BCUT2D eigenvalue weighted by Crippen LogP contribution is -2.30. The van der Waals surface area contributed by atoms with Crippen LogP contribution in [0.1, 0.15) is 20.8 Å². The van der Waals surface area contributed by atoms with Crippen LogP contribution < -0.4 is 16.4 Å². The summed E-state index contributed by atoms with van der Waals surface area (Å²) in [6.45, 7) is 7.13. The van der Waals surface area contributed by atoms with Crippen LogP contribution in [0.3, 0.4) is 0 Å². The Labute approximate surface area is 99.2 Å². The third-order valence-corrected chi connectivity index (χ3v) is 2.84. The average molecular weight is 235 g/mol. The van der Waals surface area contributed by atoms with Crippen LogP contribution in [0.5, 0.6) is 0 Å². The van der Waals surface area contributed by atoms with Gasteiger partial charge in [-0.1, -0.05) is 0 Å². The summed E-state index contributed by atoms with van der Waals surface area (Å²) < 4.78 is 4.97. The van der Waals surface area contributed by atoms with Gasteiger partial charge in [0.15, 0.2) is 5.58 Å². The first-order valence-corrected chi connectivity index (χ1v) is 5.72. The molecule has 0 amide bonds. The zero-order valence-corrected chi connectivity index (χ0v) is 10.3. The smallest absolute Gasteiger partial charge is 0.408 e. The molecule has 0 aliphatic rings. The number of oxazole rings is 1. The Balaban J connectivity index is 2.60. The normalized spacial score (nSPS) is 11.3. The maximum Gasteiger partial charge on any atom is 0.417 e. The highest BCUT2D eigenvalue weighted by Crippen LogP contribution is 2.29. The molecule has 92 valence electrons. The van der Waals surface area contributed by atoms with E-state index < -0.39 is 5.76 Å². The van der Waals surface area contributed by atoms with Gasteiger partial charge in [0.25, 0.3) is 0 Å². The van der Waals surface area contributed by atoms with Gasteiger partial charge >= 0.3 is 5.76 Å². The van der Waals surface area contributed by atoms with Crippen LogP contribution in [0.2, 0.25) is 0 Å². The highest BCUT2D eigenvalue weighted by Gasteiger charge is 2.14. The van der Waals surface area contributed by atoms with Crippen LogP contribution in [0, 0.1) is 0 Å². The van der Waals surface area contributed by atoms with Gasteiger partial charge in [-0.25, -0.2) is 4.79 Å². The molecule has 2 aromatic rings. The number of anilines is 2. The second-order valence-electron chi connectivity index (χ2n) is 4.30. The number of H-pyrrole nitrogens is 1. The molecule has 17 heavy (non-hydrogen) atoms. The molecular formula is C12H17N3O2. The standard InChI is InChI=1S/C12H17N3O2/c1-4-15(7(2)3)10-6-9-11(5-8(10)13)17-12(16)14-9/h5-7H,4,13H2,1-3H3,(H,14,16). The fourth-order valence-electron chi connectivity index (χ4n) is 2.06. The van der Waals surface area contributed by atoms with Gasteiger partial charge in [0.1, 0.15) is 0 Å². The molecular weight excluding hydrogens is 218 g/mol. The van der Waals surface area contributed by atoms with Crippen molar-refractivity contribution in [3.63, 3.8) is 0 Å². The predicted octanol–water partition coefficient (Wildman–Crippen LogP) is 1.94. The minimum atomic E-state index is -0.454. The van der Waals surface area contributed by atoms with E-state index in [-0.39, 0.29) is 0 Å². The molecule has 3 N–H and O–H groups in total. The number of nitrogen functional groups attached to an aromatic ring is 1. The second kappa shape index (κ2) is 4.16. The third kappa shape index (κ3) is 2.00. The zero-order chi connectivity index (χ0) is 12.6. The topological polar surface area (TPSA) is 75.3 Å². The largest absolute Gasteiger partial charge is 0.417 e. The number of aromatic amines is 1. The zero-order valence-electron chi connectivity index (χ0n) is 10.3. The molecule has 0 spiro atoms. The van der Waals surface area contributed by atoms with Gasteiger partial charge in [-0.3, -0.25) is 4.98 Å². The van der Waals surface area contributed by atoms with Crippen molar-refractivity contribution in [1.29, 1.82) is 0 Å². The van der Waals surface area contributed by atoms with Crippen LogP contribution in [0.4, 0.5) is 11.4 Å². The minimum absolute atomic E-state index is 0.346. The SMILES string of the molecule is CCN(c1cc2[nH]c(=O)oc2cc1N)C(C)C. The molecule has 0 bridgehead atoms. The average Bonchev–Trinajstić information content (AvgIpc) is 2.58. The van der Waals surface area contributed by atoms with E-state index in [1.165, 1.54) is 0 Å². The Morgan fingerprint density at radius 2 is 2.18 bits per heavy atom. The number of hydrogen-bond acceptors (Lipinski definition) is 4. The molecule has 1 aromatic carbocycles. The van der Waals surface area contributed by atoms with E-state index in [0.29, 0.717) is 22.8 Å². The maximum absolute atomic E-state index is 11.1. The van der Waals surface area contributed by atoms with Crippen LogP contribution >= 0.6 is 0 Å². The van der Waals surface area contributed by atoms with E-state index in [1.807, 2.05) is 6.07 Å². The van der Waals surface area contributed by atoms with Crippen LogP contribution in [0.25, 0.3) is 11.1 Å². The van der Waals surface area contributed by atoms with Gasteiger partial charge in [0.05, 0.1) is 16.9 Å². The third-order valence-electron chi connectivity index (χ3n) is 2.84. The Bertz CT molecular complexity index is 583. The molecule has 0 fully saturated rings. The summed E-state index contributed by atoms with van der Waals surface area (Å²) in [5.41, 5.74) is 8.71. The number of nitrogens with two attached hydrogens (primary N) is 1. The molecule has 1 heterocycles. The lowest BCUT2D eigenvalue weighted by atomic mass is 10.2. The molecule has 0 aliphatic heterocycles. The maximum atomic E-state index is 11.1. The quantitative estimate of drug-likeness (QED) is 0.797. The molecule has 0 saturated heterocycles. The minimum Gasteiger partial charge on any atom is -0.408 e. The Morgan fingerprint density at radius 3 is 2.76 bits per heavy atom. The van der Waals surface area contributed by atoms with E-state index in [9.17, 15) is 4.79 Å². The Morgan fingerprint density at radius 1 is 1.47 bits per heavy atom. The molecule has 0 unspecified atom stereocenters. The van der Waals surface area contributed by atoms with E-state index in [2.05, 4.69) is 30.7 Å². The number of hydrogen-bond donors (Lipinski definition) is 2. The van der Waals surface area contributed by atoms with Crippen LogP contribution in [-0.2, 0) is 0 Å². The predicted molar refractivity (Wildman–Crippen MR) is 69.4 cm³/mol.